The number of benzene rings is 4. The summed E-state index contributed by atoms with van der Waals surface area (Å²) >= 11 is 0. The SMILES string of the molecule is CC(=O)Cc1ccccc1.CC1(O)OC(=O)C(c2c(F)cccc2F)=C1c1ccccc1.O=C(O)C(=O)c1c(F)cccc1F. The van der Waals surface area contributed by atoms with E-state index in [0.717, 1.165) is 35.9 Å². The lowest BCUT2D eigenvalue weighted by Crippen LogP contribution is -2.26. The summed E-state index contributed by atoms with van der Waals surface area (Å²) in [6.45, 7) is 2.87. The van der Waals surface area contributed by atoms with Crippen LogP contribution < -0.4 is 0 Å². The number of carboxylic acids is 1. The lowest BCUT2D eigenvalue weighted by atomic mass is 9.91. The number of esters is 1. The summed E-state index contributed by atoms with van der Waals surface area (Å²) in [4.78, 5) is 43.5. The van der Waals surface area contributed by atoms with Gasteiger partial charge in [-0.05, 0) is 42.3 Å². The Kier molecular flexibility index (Phi) is 11.2. The fourth-order valence-electron chi connectivity index (χ4n) is 4.30. The number of hydrogen-bond donors (Lipinski definition) is 2. The molecular weight excluding hydrogens is 596 g/mol. The van der Waals surface area contributed by atoms with Crippen molar-refractivity contribution in [2.24, 2.45) is 0 Å². The minimum absolute atomic E-state index is 0.0436. The van der Waals surface area contributed by atoms with Crippen LogP contribution in [0.4, 0.5) is 17.6 Å². The number of aliphatic hydroxyl groups is 1. The van der Waals surface area contributed by atoms with E-state index in [1.807, 2.05) is 30.3 Å². The maximum Gasteiger partial charge on any atom is 0.377 e. The minimum Gasteiger partial charge on any atom is -0.475 e. The van der Waals surface area contributed by atoms with Crippen LogP contribution in [0.5, 0.6) is 0 Å². The zero-order valence-corrected chi connectivity index (χ0v) is 23.9. The first-order valence-corrected chi connectivity index (χ1v) is 13.2. The molecule has 0 aliphatic carbocycles. The summed E-state index contributed by atoms with van der Waals surface area (Å²) in [6.07, 6.45) is 0.556. The van der Waals surface area contributed by atoms with E-state index in [9.17, 15) is 41.8 Å². The average Bonchev–Trinajstić information content (AvgIpc) is 3.21. The minimum atomic E-state index is -1.96. The Balaban J connectivity index is 0.000000204. The van der Waals surface area contributed by atoms with E-state index < -0.39 is 57.9 Å². The van der Waals surface area contributed by atoms with Gasteiger partial charge in [-0.2, -0.15) is 0 Å². The highest BCUT2D eigenvalue weighted by molar-refractivity contribution is 6.40. The lowest BCUT2D eigenvalue weighted by Gasteiger charge is -2.19. The number of ether oxygens (including phenoxy) is 1. The molecule has 0 spiro atoms. The number of rotatable bonds is 6. The van der Waals surface area contributed by atoms with E-state index in [-0.39, 0.29) is 16.9 Å². The molecule has 0 aromatic heterocycles. The van der Waals surface area contributed by atoms with Gasteiger partial charge in [0.1, 0.15) is 34.6 Å². The Hall–Kier alpha value is -5.42. The van der Waals surface area contributed by atoms with E-state index in [4.69, 9.17) is 9.84 Å². The number of hydrogen-bond acceptors (Lipinski definition) is 6. The Morgan fingerprint density at radius 3 is 1.67 bits per heavy atom. The second-order valence-electron chi connectivity index (χ2n) is 9.68. The number of carboxylic acid groups (broad SMARTS) is 1. The van der Waals surface area contributed by atoms with Gasteiger partial charge in [-0.15, -0.1) is 0 Å². The number of Topliss-reactive ketones (excluding diaryl/α,β-unsaturated/α-hetero) is 2. The molecule has 1 aliphatic heterocycles. The molecule has 0 bridgehead atoms. The molecule has 1 atom stereocenters. The molecule has 0 radical (unpaired) electrons. The molecular formula is C34H26F4O7. The Morgan fingerprint density at radius 1 is 0.733 bits per heavy atom. The van der Waals surface area contributed by atoms with E-state index in [1.54, 1.807) is 37.3 Å². The van der Waals surface area contributed by atoms with E-state index in [0.29, 0.717) is 12.0 Å². The lowest BCUT2D eigenvalue weighted by molar-refractivity contribution is -0.169. The first-order chi connectivity index (χ1) is 21.2. The first-order valence-electron chi connectivity index (χ1n) is 13.2. The molecule has 1 aliphatic rings. The smallest absolute Gasteiger partial charge is 0.377 e. The van der Waals surface area contributed by atoms with Crippen LogP contribution >= 0.6 is 0 Å². The van der Waals surface area contributed by atoms with E-state index in [2.05, 4.69) is 0 Å². The predicted octanol–water partition coefficient (Wildman–Crippen LogP) is 6.19. The zero-order chi connectivity index (χ0) is 33.3. The van der Waals surface area contributed by atoms with Crippen molar-refractivity contribution < 1.29 is 51.7 Å². The highest BCUT2D eigenvalue weighted by Crippen LogP contribution is 2.43. The van der Waals surface area contributed by atoms with Crippen LogP contribution in [0, 0.1) is 23.3 Å². The largest absolute Gasteiger partial charge is 0.475 e. The molecule has 5 rings (SSSR count). The third-order valence-corrected chi connectivity index (χ3v) is 6.16. The molecule has 4 aromatic carbocycles. The van der Waals surface area contributed by atoms with Crippen LogP contribution in [0.3, 0.4) is 0 Å². The molecule has 0 saturated heterocycles. The van der Waals surface area contributed by atoms with Crippen molar-refractivity contribution in [3.8, 4) is 0 Å². The van der Waals surface area contributed by atoms with Gasteiger partial charge in [-0.1, -0.05) is 72.8 Å². The molecule has 2 N–H and O–H groups in total. The van der Waals surface area contributed by atoms with Crippen molar-refractivity contribution in [2.45, 2.75) is 26.1 Å². The van der Waals surface area contributed by atoms with E-state index in [1.165, 1.54) is 13.0 Å². The number of cyclic esters (lactones) is 1. The second-order valence-corrected chi connectivity index (χ2v) is 9.68. The number of aliphatic carboxylic acids is 1. The van der Waals surface area contributed by atoms with Crippen molar-refractivity contribution in [3.05, 3.63) is 143 Å². The van der Waals surface area contributed by atoms with Gasteiger partial charge in [0.15, 0.2) is 0 Å². The molecule has 0 amide bonds. The van der Waals surface area contributed by atoms with Gasteiger partial charge in [-0.3, -0.25) is 9.59 Å². The number of ketones is 2. The van der Waals surface area contributed by atoms with Gasteiger partial charge >= 0.3 is 11.9 Å². The topological polar surface area (TPSA) is 118 Å². The van der Waals surface area contributed by atoms with Gasteiger partial charge < -0.3 is 14.9 Å². The Morgan fingerprint density at radius 2 is 1.20 bits per heavy atom. The van der Waals surface area contributed by atoms with Crippen LogP contribution in [0.2, 0.25) is 0 Å². The van der Waals surface area contributed by atoms with Crippen LogP contribution in [0.15, 0.2) is 97.1 Å². The van der Waals surface area contributed by atoms with Crippen molar-refractivity contribution in [1.82, 2.24) is 0 Å². The van der Waals surface area contributed by atoms with E-state index >= 15 is 0 Å². The van der Waals surface area contributed by atoms with Crippen molar-refractivity contribution in [1.29, 1.82) is 0 Å². The maximum atomic E-state index is 14.1. The van der Waals surface area contributed by atoms with Crippen LogP contribution in [-0.4, -0.2) is 39.5 Å². The quantitative estimate of drug-likeness (QED) is 0.114. The average molecular weight is 623 g/mol. The summed E-state index contributed by atoms with van der Waals surface area (Å²) in [5.41, 5.74) is -0.237. The van der Waals surface area contributed by atoms with Gasteiger partial charge in [0, 0.05) is 18.9 Å². The standard InChI is InChI=1S/C17H12F2O3.C9H10O.C8H4F2O3/c1-17(21)15(10-6-3-2-4-7-10)14(16(20)22-17)13-11(18)8-5-9-12(13)19;1-8(10)7-9-5-3-2-4-6-9;9-4-2-1-3-5(10)6(4)7(11)8(12)13/h2-9,21H,1H3;2-6H,7H2,1H3;1-3H,(H,12,13). The summed E-state index contributed by atoms with van der Waals surface area (Å²) < 4.78 is 58.5. The van der Waals surface area contributed by atoms with Crippen molar-refractivity contribution >= 4 is 34.7 Å². The van der Waals surface area contributed by atoms with Crippen LogP contribution in [0.1, 0.15) is 40.9 Å². The number of carbonyl (C=O) groups excluding carboxylic acids is 3. The van der Waals surface area contributed by atoms with Crippen LogP contribution in [0.25, 0.3) is 11.1 Å². The first kappa shape index (κ1) is 34.1. The third kappa shape index (κ3) is 8.58. The monoisotopic (exact) mass is 622 g/mol. The molecule has 1 unspecified atom stereocenters. The molecule has 4 aromatic rings. The van der Waals surface area contributed by atoms with Gasteiger partial charge in [0.25, 0.3) is 5.78 Å². The summed E-state index contributed by atoms with van der Waals surface area (Å²) in [5, 5.41) is 18.5. The highest BCUT2D eigenvalue weighted by atomic mass is 19.1. The maximum absolute atomic E-state index is 14.1. The summed E-state index contributed by atoms with van der Waals surface area (Å²) in [7, 11) is 0. The Bertz CT molecular complexity index is 1710. The van der Waals surface area contributed by atoms with Crippen molar-refractivity contribution in [3.63, 3.8) is 0 Å². The second kappa shape index (κ2) is 14.8. The Labute approximate surface area is 255 Å². The van der Waals surface area contributed by atoms with Crippen LogP contribution in [-0.2, 0) is 25.5 Å². The molecule has 1 heterocycles. The fourth-order valence-corrected chi connectivity index (χ4v) is 4.30. The molecule has 45 heavy (non-hydrogen) atoms. The third-order valence-electron chi connectivity index (χ3n) is 6.16. The van der Waals surface area contributed by atoms with Gasteiger partial charge in [-0.25, -0.2) is 27.2 Å². The molecule has 11 heteroatoms. The summed E-state index contributed by atoms with van der Waals surface area (Å²) in [5.74, 6) is -10.3. The zero-order valence-electron chi connectivity index (χ0n) is 23.9. The van der Waals surface area contributed by atoms with Gasteiger partial charge in [0.2, 0.25) is 5.79 Å². The van der Waals surface area contributed by atoms with Crippen molar-refractivity contribution in [2.75, 3.05) is 0 Å². The molecule has 7 nitrogen and oxygen atoms in total. The molecule has 0 saturated carbocycles. The van der Waals surface area contributed by atoms with Gasteiger partial charge in [0.05, 0.1) is 11.1 Å². The molecule has 232 valence electrons. The summed E-state index contributed by atoms with van der Waals surface area (Å²) in [6, 6.07) is 24.1. The number of halogens is 4. The highest BCUT2D eigenvalue weighted by Gasteiger charge is 2.45. The normalized spacial score (nSPS) is 15.2. The molecule has 0 fully saturated rings. The fraction of sp³-hybridized carbons (Fsp3) is 0.118. The predicted molar refractivity (Wildman–Crippen MR) is 155 cm³/mol. The number of carbonyl (C=O) groups is 4.